The third-order valence-corrected chi connectivity index (χ3v) is 8.79. The fourth-order valence-corrected chi connectivity index (χ4v) is 7.77. The lowest BCUT2D eigenvalue weighted by Gasteiger charge is -2.60. The van der Waals surface area contributed by atoms with Crippen LogP contribution in [0.3, 0.4) is 0 Å². The largest absolute Gasteiger partial charge is 0.390 e. The second kappa shape index (κ2) is 6.91. The van der Waals surface area contributed by atoms with Gasteiger partial charge in [-0.25, -0.2) is 0 Å². The molecular weight excluding hydrogens is 368 g/mol. The Balaban J connectivity index is 1.31. The van der Waals surface area contributed by atoms with Crippen LogP contribution in [-0.2, 0) is 12.1 Å². The van der Waals surface area contributed by atoms with Gasteiger partial charge in [0.15, 0.2) is 0 Å². The number of aliphatic hydroxyl groups is 1. The number of hydrogen-bond acceptors (Lipinski definition) is 3. The number of rotatable bonds is 4. The summed E-state index contributed by atoms with van der Waals surface area (Å²) in [5.74, 6) is 2.13. The van der Waals surface area contributed by atoms with E-state index in [-0.39, 0.29) is 11.1 Å². The summed E-state index contributed by atoms with van der Waals surface area (Å²) in [7, 11) is 0. The number of hydrogen-bond donors (Lipinski definition) is 1. The molecule has 0 radical (unpaired) electrons. The Labute approximate surface area is 180 Å². The van der Waals surface area contributed by atoms with Crippen molar-refractivity contribution < 1.29 is 5.11 Å². The molecule has 0 aromatic heterocycles. The molecule has 2 aromatic rings. The molecule has 3 nitrogen and oxygen atoms in total. The van der Waals surface area contributed by atoms with Crippen molar-refractivity contribution in [2.45, 2.75) is 62.8 Å². The maximum Gasteiger partial charge on any atom is 0.0657 e. The van der Waals surface area contributed by atoms with E-state index in [9.17, 15) is 5.11 Å². The highest BCUT2D eigenvalue weighted by atomic mass is 16.3. The quantitative estimate of drug-likeness (QED) is 0.809. The minimum atomic E-state index is -0.348. The summed E-state index contributed by atoms with van der Waals surface area (Å²) in [5, 5.41) is 11.1. The molecule has 1 aliphatic heterocycles. The van der Waals surface area contributed by atoms with Crippen LogP contribution in [0.25, 0.3) is 0 Å². The van der Waals surface area contributed by atoms with Crippen LogP contribution in [0, 0.1) is 17.8 Å². The fraction of sp³-hybridized carbons (Fsp3) is 0.556. The van der Waals surface area contributed by atoms with E-state index in [1.54, 1.807) is 0 Å². The molecule has 4 aliphatic carbocycles. The van der Waals surface area contributed by atoms with E-state index in [1.165, 1.54) is 24.0 Å². The molecule has 3 heteroatoms. The monoisotopic (exact) mass is 402 g/mol. The third-order valence-electron chi connectivity index (χ3n) is 8.79. The molecule has 1 heterocycles. The maximum absolute atomic E-state index is 11.1. The predicted molar refractivity (Wildman–Crippen MR) is 120 cm³/mol. The van der Waals surface area contributed by atoms with Crippen LogP contribution in [0.2, 0.25) is 0 Å². The van der Waals surface area contributed by atoms with Crippen LogP contribution in [0.1, 0.15) is 50.2 Å². The first-order valence-electron chi connectivity index (χ1n) is 11.8. The van der Waals surface area contributed by atoms with Gasteiger partial charge in [0.25, 0.3) is 0 Å². The first-order valence-corrected chi connectivity index (χ1v) is 11.8. The van der Waals surface area contributed by atoms with Gasteiger partial charge in [-0.1, -0.05) is 60.7 Å². The van der Waals surface area contributed by atoms with Gasteiger partial charge in [0.05, 0.1) is 17.8 Å². The fourth-order valence-electron chi connectivity index (χ4n) is 7.77. The van der Waals surface area contributed by atoms with Crippen molar-refractivity contribution in [1.29, 1.82) is 0 Å². The van der Waals surface area contributed by atoms with Crippen molar-refractivity contribution >= 4 is 0 Å². The molecule has 5 fully saturated rings. The molecule has 0 spiro atoms. The standard InChI is InChI=1S/C27H34N2O/c1-26(24-10-6-3-7-11-24)18-28(19-29(26)17-20-8-4-2-5-9-20)25-22-12-21-13-23(25)16-27(30,14-21)15-22/h2-11,21-23,25,30H,12-19H2,1H3. The molecule has 158 valence electrons. The van der Waals surface area contributed by atoms with Gasteiger partial charge in [0.1, 0.15) is 0 Å². The molecule has 3 unspecified atom stereocenters. The SMILES string of the molecule is CC1(c2ccccc2)CN(C2C3CC4CC2CC(O)(C4)C3)CN1Cc1ccccc1. The van der Waals surface area contributed by atoms with E-state index in [2.05, 4.69) is 77.4 Å². The van der Waals surface area contributed by atoms with E-state index in [0.29, 0.717) is 17.9 Å². The van der Waals surface area contributed by atoms with Crippen molar-refractivity contribution in [3.8, 4) is 0 Å². The van der Waals surface area contributed by atoms with Crippen LogP contribution < -0.4 is 0 Å². The van der Waals surface area contributed by atoms with Crippen LogP contribution in [0.15, 0.2) is 60.7 Å². The van der Waals surface area contributed by atoms with Crippen molar-refractivity contribution in [3.05, 3.63) is 71.8 Å². The summed E-state index contributed by atoms with van der Waals surface area (Å²) < 4.78 is 0. The maximum atomic E-state index is 11.1. The molecule has 2 aromatic carbocycles. The normalized spacial score (nSPS) is 40.9. The van der Waals surface area contributed by atoms with Gasteiger partial charge in [0.2, 0.25) is 0 Å². The first-order chi connectivity index (χ1) is 14.5. The summed E-state index contributed by atoms with van der Waals surface area (Å²) in [5.41, 5.74) is 2.48. The van der Waals surface area contributed by atoms with Crippen molar-refractivity contribution in [1.82, 2.24) is 9.80 Å². The molecule has 1 saturated heterocycles. The van der Waals surface area contributed by atoms with Gasteiger partial charge in [-0.05, 0) is 67.9 Å². The lowest BCUT2D eigenvalue weighted by atomic mass is 9.52. The lowest BCUT2D eigenvalue weighted by Crippen LogP contribution is -2.61. The topological polar surface area (TPSA) is 26.7 Å². The van der Waals surface area contributed by atoms with Crippen LogP contribution in [0.5, 0.6) is 0 Å². The molecule has 30 heavy (non-hydrogen) atoms. The van der Waals surface area contributed by atoms with Gasteiger partial charge in [0, 0.05) is 19.1 Å². The molecular formula is C27H34N2O. The Morgan fingerprint density at radius 2 is 1.53 bits per heavy atom. The molecule has 4 saturated carbocycles. The Kier molecular flexibility index (Phi) is 4.39. The van der Waals surface area contributed by atoms with E-state index in [4.69, 9.17) is 0 Å². The molecule has 5 aliphatic rings. The highest BCUT2D eigenvalue weighted by molar-refractivity contribution is 5.27. The number of benzene rings is 2. The molecule has 3 atom stereocenters. The minimum Gasteiger partial charge on any atom is -0.390 e. The lowest BCUT2D eigenvalue weighted by molar-refractivity contribution is -0.159. The zero-order valence-electron chi connectivity index (χ0n) is 18.1. The average Bonchev–Trinajstić information content (AvgIpc) is 3.05. The Morgan fingerprint density at radius 1 is 0.900 bits per heavy atom. The summed E-state index contributed by atoms with van der Waals surface area (Å²) in [4.78, 5) is 5.49. The highest BCUT2D eigenvalue weighted by Crippen LogP contribution is 2.57. The summed E-state index contributed by atoms with van der Waals surface area (Å²) in [6.07, 6.45) is 5.79. The van der Waals surface area contributed by atoms with Gasteiger partial charge in [-0.3, -0.25) is 9.80 Å². The van der Waals surface area contributed by atoms with E-state index >= 15 is 0 Å². The third kappa shape index (κ3) is 3.05. The zero-order chi connectivity index (χ0) is 20.3. The van der Waals surface area contributed by atoms with Gasteiger partial charge in [-0.15, -0.1) is 0 Å². The zero-order valence-corrected chi connectivity index (χ0v) is 18.1. The summed E-state index contributed by atoms with van der Waals surface area (Å²) >= 11 is 0. The summed E-state index contributed by atoms with van der Waals surface area (Å²) in [6, 6.07) is 22.7. The Hall–Kier alpha value is -1.68. The summed E-state index contributed by atoms with van der Waals surface area (Å²) in [6.45, 7) is 5.54. The van der Waals surface area contributed by atoms with Gasteiger partial charge < -0.3 is 5.11 Å². The molecule has 0 amide bonds. The van der Waals surface area contributed by atoms with Crippen molar-refractivity contribution in [3.63, 3.8) is 0 Å². The molecule has 1 N–H and O–H groups in total. The smallest absolute Gasteiger partial charge is 0.0657 e. The van der Waals surface area contributed by atoms with Crippen molar-refractivity contribution in [2.24, 2.45) is 17.8 Å². The average molecular weight is 403 g/mol. The molecule has 4 bridgehead atoms. The van der Waals surface area contributed by atoms with E-state index < -0.39 is 0 Å². The van der Waals surface area contributed by atoms with E-state index in [0.717, 1.165) is 44.9 Å². The predicted octanol–water partition coefficient (Wildman–Crippen LogP) is 4.62. The van der Waals surface area contributed by atoms with E-state index in [1.807, 2.05) is 0 Å². The first kappa shape index (κ1) is 19.0. The number of nitrogens with zero attached hydrogens (tertiary/aromatic N) is 2. The molecule has 7 rings (SSSR count). The second-order valence-electron chi connectivity index (χ2n) is 10.9. The van der Waals surface area contributed by atoms with Gasteiger partial charge >= 0.3 is 0 Å². The van der Waals surface area contributed by atoms with Crippen LogP contribution in [0.4, 0.5) is 0 Å². The Bertz CT molecular complexity index is 884. The van der Waals surface area contributed by atoms with Gasteiger partial charge in [-0.2, -0.15) is 0 Å². The Morgan fingerprint density at radius 3 is 2.17 bits per heavy atom. The second-order valence-corrected chi connectivity index (χ2v) is 10.9. The van der Waals surface area contributed by atoms with Crippen LogP contribution in [-0.4, -0.2) is 39.8 Å². The highest BCUT2D eigenvalue weighted by Gasteiger charge is 2.58. The van der Waals surface area contributed by atoms with Crippen molar-refractivity contribution in [2.75, 3.05) is 13.2 Å². The van der Waals surface area contributed by atoms with Crippen LogP contribution >= 0.6 is 0 Å². The minimum absolute atomic E-state index is 0.0165.